The number of carboxylic acid groups (broad SMARTS) is 1. The Labute approximate surface area is 192 Å². The third-order valence-electron chi connectivity index (χ3n) is 4.88. The highest BCUT2D eigenvalue weighted by molar-refractivity contribution is 5.95. The minimum Gasteiger partial charge on any atom is -0.491 e. The number of aliphatic hydroxyl groups excluding tert-OH is 1. The number of hydrogen-bond donors (Lipinski definition) is 3. The molecule has 0 radical (unpaired) electrons. The molecule has 0 saturated heterocycles. The number of hydrogen-bond acceptors (Lipinski definition) is 6. The lowest BCUT2D eigenvalue weighted by molar-refractivity contribution is -0.131. The number of aliphatic hydroxyl groups is 1. The minimum absolute atomic E-state index is 0.0711. The van der Waals surface area contributed by atoms with Gasteiger partial charge in [-0.15, -0.1) is 0 Å². The Balaban J connectivity index is 2.16. The summed E-state index contributed by atoms with van der Waals surface area (Å²) in [7, 11) is 0. The first-order valence-corrected chi connectivity index (χ1v) is 10.6. The van der Waals surface area contributed by atoms with E-state index >= 15 is 0 Å². The fourth-order valence-corrected chi connectivity index (χ4v) is 3.20. The summed E-state index contributed by atoms with van der Waals surface area (Å²) in [6.07, 6.45) is 2.44. The Kier molecular flexibility index (Phi) is 10.1. The zero-order valence-corrected chi connectivity index (χ0v) is 18.7. The van der Waals surface area contributed by atoms with E-state index in [9.17, 15) is 14.4 Å². The smallest absolute Gasteiger partial charge is 0.412 e. The number of benzene rings is 2. The molecule has 0 aliphatic heterocycles. The van der Waals surface area contributed by atoms with Crippen LogP contribution in [0, 0.1) is 5.92 Å². The van der Waals surface area contributed by atoms with E-state index in [4.69, 9.17) is 19.7 Å². The zero-order valence-electron chi connectivity index (χ0n) is 18.7. The summed E-state index contributed by atoms with van der Waals surface area (Å²) in [6, 6.07) is 13.6. The molecular formula is C25H29NO7. The number of aliphatic carboxylic acids is 1. The summed E-state index contributed by atoms with van der Waals surface area (Å²) in [4.78, 5) is 34.7. The summed E-state index contributed by atoms with van der Waals surface area (Å²) >= 11 is 0. The van der Waals surface area contributed by atoms with Crippen LogP contribution in [0.15, 0.2) is 60.7 Å². The average molecular weight is 456 g/mol. The third kappa shape index (κ3) is 8.78. The number of carbonyl (C=O) groups is 3. The number of nitrogens with one attached hydrogen (secondary N) is 1. The highest BCUT2D eigenvalue weighted by atomic mass is 16.6. The van der Waals surface area contributed by atoms with Gasteiger partial charge in [0.25, 0.3) is 0 Å². The molecule has 0 aromatic heterocycles. The first kappa shape index (κ1) is 25.6. The molecule has 33 heavy (non-hydrogen) atoms. The van der Waals surface area contributed by atoms with Crippen LogP contribution in [-0.2, 0) is 9.53 Å². The normalized spacial score (nSPS) is 12.7. The minimum atomic E-state index is -1.01. The molecule has 8 nitrogen and oxygen atoms in total. The van der Waals surface area contributed by atoms with Crippen molar-refractivity contribution in [1.29, 1.82) is 0 Å². The van der Waals surface area contributed by atoms with Gasteiger partial charge in [0.15, 0.2) is 5.78 Å². The molecule has 0 aliphatic carbocycles. The van der Waals surface area contributed by atoms with Crippen LogP contribution in [0.5, 0.6) is 5.75 Å². The molecule has 8 heteroatoms. The van der Waals surface area contributed by atoms with Crippen LogP contribution in [0.25, 0.3) is 0 Å². The second-order valence-corrected chi connectivity index (χ2v) is 7.52. The van der Waals surface area contributed by atoms with Gasteiger partial charge < -0.3 is 19.7 Å². The van der Waals surface area contributed by atoms with Crippen molar-refractivity contribution in [2.45, 2.75) is 32.8 Å². The van der Waals surface area contributed by atoms with Crippen molar-refractivity contribution in [3.05, 3.63) is 71.8 Å². The quantitative estimate of drug-likeness (QED) is 0.316. The van der Waals surface area contributed by atoms with Crippen LogP contribution in [-0.4, -0.2) is 41.3 Å². The van der Waals surface area contributed by atoms with Crippen molar-refractivity contribution in [3.8, 4) is 5.75 Å². The number of carboxylic acids is 1. The summed E-state index contributed by atoms with van der Waals surface area (Å²) in [5.41, 5.74) is 1.73. The molecule has 3 N–H and O–H groups in total. The second-order valence-electron chi connectivity index (χ2n) is 7.52. The van der Waals surface area contributed by atoms with Gasteiger partial charge in [-0.3, -0.25) is 10.1 Å². The van der Waals surface area contributed by atoms with E-state index in [0.29, 0.717) is 35.4 Å². The van der Waals surface area contributed by atoms with Crippen LogP contribution < -0.4 is 10.1 Å². The Hall–Kier alpha value is -3.65. The monoisotopic (exact) mass is 455 g/mol. The standard InChI is InChI=1S/C25H29NO7/c1-17(6-3-4-9-23(29)30)24(20-7-5-8-22(16-20)32-15-14-27)33-25(31)26-21-12-10-19(11-13-21)18(2)28/h4-5,7-13,16-17,24,27H,3,6,14-15H2,1-2H3,(H,26,31)(H,29,30)/b9-4+/t17-,24-/m1/s1. The third-order valence-corrected chi connectivity index (χ3v) is 4.88. The van der Waals surface area contributed by atoms with Crippen molar-refractivity contribution in [3.63, 3.8) is 0 Å². The molecule has 2 aromatic rings. The zero-order chi connectivity index (χ0) is 24.2. The van der Waals surface area contributed by atoms with Gasteiger partial charge in [0.05, 0.1) is 6.61 Å². The Morgan fingerprint density at radius 2 is 1.85 bits per heavy atom. The fraction of sp³-hybridized carbons (Fsp3) is 0.320. The molecule has 2 aromatic carbocycles. The summed E-state index contributed by atoms with van der Waals surface area (Å²) in [5, 5.41) is 20.4. The van der Waals surface area contributed by atoms with Crippen LogP contribution >= 0.6 is 0 Å². The number of anilines is 1. The molecule has 0 fully saturated rings. The number of ketones is 1. The first-order valence-electron chi connectivity index (χ1n) is 10.6. The Bertz CT molecular complexity index is 969. The molecule has 2 atom stereocenters. The highest BCUT2D eigenvalue weighted by Gasteiger charge is 2.24. The van der Waals surface area contributed by atoms with Crippen molar-refractivity contribution >= 4 is 23.5 Å². The lowest BCUT2D eigenvalue weighted by Gasteiger charge is -2.25. The number of amides is 1. The molecule has 0 aliphatic rings. The number of carbonyl (C=O) groups excluding carboxylic acids is 2. The van der Waals surface area contributed by atoms with Gasteiger partial charge in [0.1, 0.15) is 18.5 Å². The molecule has 0 saturated carbocycles. The molecule has 0 heterocycles. The van der Waals surface area contributed by atoms with Gasteiger partial charge in [0.2, 0.25) is 0 Å². The van der Waals surface area contributed by atoms with E-state index in [2.05, 4.69) is 5.32 Å². The number of Topliss-reactive ketones (excluding diaryl/α,β-unsaturated/α-hetero) is 1. The van der Waals surface area contributed by atoms with E-state index in [1.165, 1.54) is 6.92 Å². The van der Waals surface area contributed by atoms with E-state index in [1.54, 1.807) is 48.5 Å². The average Bonchev–Trinajstić information content (AvgIpc) is 2.79. The van der Waals surface area contributed by atoms with Crippen molar-refractivity contribution in [2.75, 3.05) is 18.5 Å². The summed E-state index contributed by atoms with van der Waals surface area (Å²) in [5.74, 6) is -0.687. The molecule has 176 valence electrons. The summed E-state index contributed by atoms with van der Waals surface area (Å²) in [6.45, 7) is 3.39. The molecule has 0 unspecified atom stereocenters. The van der Waals surface area contributed by atoms with E-state index in [-0.39, 0.29) is 24.9 Å². The van der Waals surface area contributed by atoms with Crippen LogP contribution in [0.1, 0.15) is 48.7 Å². The maximum atomic E-state index is 12.6. The second kappa shape index (κ2) is 13.0. The maximum absolute atomic E-state index is 12.6. The van der Waals surface area contributed by atoms with E-state index in [1.807, 2.05) is 13.0 Å². The van der Waals surface area contributed by atoms with Gasteiger partial charge in [-0.25, -0.2) is 9.59 Å². The molecule has 2 rings (SSSR count). The highest BCUT2D eigenvalue weighted by Crippen LogP contribution is 2.32. The largest absolute Gasteiger partial charge is 0.491 e. The number of rotatable bonds is 12. The van der Waals surface area contributed by atoms with E-state index in [0.717, 1.165) is 6.08 Å². The Morgan fingerprint density at radius 3 is 2.48 bits per heavy atom. The van der Waals surface area contributed by atoms with Gasteiger partial charge in [0, 0.05) is 17.3 Å². The van der Waals surface area contributed by atoms with Gasteiger partial charge >= 0.3 is 12.1 Å². The predicted molar refractivity (Wildman–Crippen MR) is 123 cm³/mol. The van der Waals surface area contributed by atoms with Crippen molar-refractivity contribution < 1.29 is 34.1 Å². The lowest BCUT2D eigenvalue weighted by Crippen LogP contribution is -2.22. The number of ether oxygens (including phenoxy) is 2. The first-order chi connectivity index (χ1) is 15.8. The SMILES string of the molecule is CC(=O)c1ccc(NC(=O)O[C@@H](c2cccc(OCCO)c2)[C@H](C)CC/C=C/C(=O)O)cc1. The topological polar surface area (TPSA) is 122 Å². The van der Waals surface area contributed by atoms with Gasteiger partial charge in [-0.05, 0) is 67.6 Å². The van der Waals surface area contributed by atoms with E-state index < -0.39 is 18.2 Å². The van der Waals surface area contributed by atoms with Crippen LogP contribution in [0.3, 0.4) is 0 Å². The van der Waals surface area contributed by atoms with Crippen LogP contribution in [0.2, 0.25) is 0 Å². The molecule has 0 spiro atoms. The van der Waals surface area contributed by atoms with Gasteiger partial charge in [-0.2, -0.15) is 0 Å². The fourth-order valence-electron chi connectivity index (χ4n) is 3.20. The van der Waals surface area contributed by atoms with Crippen LogP contribution in [0.4, 0.5) is 10.5 Å². The lowest BCUT2D eigenvalue weighted by atomic mass is 9.93. The molecule has 0 bridgehead atoms. The van der Waals surface area contributed by atoms with Crippen molar-refractivity contribution in [2.24, 2.45) is 5.92 Å². The summed E-state index contributed by atoms with van der Waals surface area (Å²) < 4.78 is 11.2. The van der Waals surface area contributed by atoms with Gasteiger partial charge in [-0.1, -0.05) is 25.1 Å². The molecule has 1 amide bonds. The number of allylic oxidation sites excluding steroid dienone is 1. The predicted octanol–water partition coefficient (Wildman–Crippen LogP) is 4.61. The molecular weight excluding hydrogens is 426 g/mol. The Morgan fingerprint density at radius 1 is 1.12 bits per heavy atom. The maximum Gasteiger partial charge on any atom is 0.412 e. The van der Waals surface area contributed by atoms with Crippen molar-refractivity contribution in [1.82, 2.24) is 0 Å².